The summed E-state index contributed by atoms with van der Waals surface area (Å²) < 4.78 is 1.02. The van der Waals surface area contributed by atoms with Crippen molar-refractivity contribution in [3.05, 3.63) is 0 Å². The van der Waals surface area contributed by atoms with Crippen LogP contribution in [0.4, 0.5) is 0 Å². The smallest absolute Gasteiger partial charge is 0.0143 e. The number of hydrogen-bond donors (Lipinski definition) is 0. The zero-order chi connectivity index (χ0) is 6.43. The highest BCUT2D eigenvalue weighted by atomic mass is 127. The SMILES string of the molecule is C[C@H]1C2CCC1C(I)C2. The lowest BCUT2D eigenvalue weighted by molar-refractivity contribution is 0.449. The predicted octanol–water partition coefficient (Wildman–Crippen LogP) is 2.86. The van der Waals surface area contributed by atoms with Gasteiger partial charge in [0.15, 0.2) is 0 Å². The molecule has 0 aromatic rings. The molecular formula is C8H13I. The van der Waals surface area contributed by atoms with Gasteiger partial charge in [0.1, 0.15) is 0 Å². The Morgan fingerprint density at radius 2 is 2.11 bits per heavy atom. The third kappa shape index (κ3) is 0.837. The lowest BCUT2D eigenvalue weighted by Gasteiger charge is -2.14. The highest BCUT2D eigenvalue weighted by Crippen LogP contribution is 2.51. The minimum Gasteiger partial charge on any atom is -0.0823 e. The molecule has 0 aromatic heterocycles. The Balaban J connectivity index is 2.16. The van der Waals surface area contributed by atoms with Gasteiger partial charge in [-0.1, -0.05) is 29.5 Å². The van der Waals surface area contributed by atoms with E-state index in [0.717, 1.165) is 21.7 Å². The minimum atomic E-state index is 1.02. The van der Waals surface area contributed by atoms with E-state index in [1.807, 2.05) is 0 Å². The minimum absolute atomic E-state index is 1.02. The molecule has 2 bridgehead atoms. The highest BCUT2D eigenvalue weighted by molar-refractivity contribution is 14.1. The van der Waals surface area contributed by atoms with Gasteiger partial charge in [-0.3, -0.25) is 0 Å². The summed E-state index contributed by atoms with van der Waals surface area (Å²) in [6, 6.07) is 0. The first-order chi connectivity index (χ1) is 4.29. The topological polar surface area (TPSA) is 0 Å². The average Bonchev–Trinajstić information content (AvgIpc) is 2.25. The molecule has 0 amide bonds. The number of halogens is 1. The molecule has 4 atom stereocenters. The summed E-state index contributed by atoms with van der Waals surface area (Å²) in [5.41, 5.74) is 0. The number of rotatable bonds is 0. The Hall–Kier alpha value is 0.730. The number of fused-ring (bicyclic) bond motifs is 2. The normalized spacial score (nSPS) is 56.7. The highest BCUT2D eigenvalue weighted by Gasteiger charge is 2.43. The Bertz CT molecular complexity index is 122. The van der Waals surface area contributed by atoms with E-state index in [0.29, 0.717) is 0 Å². The van der Waals surface area contributed by atoms with Crippen LogP contribution in [0.15, 0.2) is 0 Å². The van der Waals surface area contributed by atoms with E-state index in [1.165, 1.54) is 19.3 Å². The molecule has 3 unspecified atom stereocenters. The van der Waals surface area contributed by atoms with E-state index in [-0.39, 0.29) is 0 Å². The monoisotopic (exact) mass is 236 g/mol. The van der Waals surface area contributed by atoms with Gasteiger partial charge in [-0.05, 0) is 37.0 Å². The number of alkyl halides is 1. The van der Waals surface area contributed by atoms with Gasteiger partial charge in [0.25, 0.3) is 0 Å². The molecule has 0 N–H and O–H groups in total. The Labute approximate surface area is 70.5 Å². The Kier molecular flexibility index (Phi) is 1.51. The first-order valence-electron chi connectivity index (χ1n) is 3.93. The summed E-state index contributed by atoms with van der Waals surface area (Å²) >= 11 is 2.64. The fourth-order valence-electron chi connectivity index (χ4n) is 2.59. The van der Waals surface area contributed by atoms with Crippen LogP contribution in [0.1, 0.15) is 26.2 Å². The van der Waals surface area contributed by atoms with Gasteiger partial charge in [-0.25, -0.2) is 0 Å². The van der Waals surface area contributed by atoms with Crippen LogP contribution in [-0.4, -0.2) is 3.92 Å². The molecule has 0 aromatic carbocycles. The fourth-order valence-corrected chi connectivity index (χ4v) is 4.26. The summed E-state index contributed by atoms with van der Waals surface area (Å²) in [6.45, 7) is 2.45. The molecule has 2 aliphatic rings. The zero-order valence-corrected chi connectivity index (χ0v) is 7.97. The average molecular weight is 236 g/mol. The summed E-state index contributed by atoms with van der Waals surface area (Å²) in [4.78, 5) is 0. The van der Waals surface area contributed by atoms with Crippen molar-refractivity contribution in [1.29, 1.82) is 0 Å². The second-order valence-electron chi connectivity index (χ2n) is 3.61. The van der Waals surface area contributed by atoms with Crippen molar-refractivity contribution in [2.24, 2.45) is 17.8 Å². The van der Waals surface area contributed by atoms with Crippen molar-refractivity contribution in [3.63, 3.8) is 0 Å². The molecule has 0 nitrogen and oxygen atoms in total. The fraction of sp³-hybridized carbons (Fsp3) is 1.00. The summed E-state index contributed by atoms with van der Waals surface area (Å²) in [5.74, 6) is 3.26. The van der Waals surface area contributed by atoms with Gasteiger partial charge >= 0.3 is 0 Å². The molecular weight excluding hydrogens is 223 g/mol. The summed E-state index contributed by atoms with van der Waals surface area (Å²) in [7, 11) is 0. The van der Waals surface area contributed by atoms with Crippen molar-refractivity contribution in [2.75, 3.05) is 0 Å². The molecule has 0 spiro atoms. The van der Waals surface area contributed by atoms with Crippen molar-refractivity contribution >= 4 is 22.6 Å². The largest absolute Gasteiger partial charge is 0.0823 e. The Morgan fingerprint density at radius 3 is 2.33 bits per heavy atom. The molecule has 2 saturated carbocycles. The lowest BCUT2D eigenvalue weighted by Crippen LogP contribution is -2.09. The summed E-state index contributed by atoms with van der Waals surface area (Å²) in [6.07, 6.45) is 4.58. The van der Waals surface area contributed by atoms with Gasteiger partial charge in [-0.2, -0.15) is 0 Å². The van der Waals surface area contributed by atoms with Crippen LogP contribution in [0.3, 0.4) is 0 Å². The van der Waals surface area contributed by atoms with E-state index in [2.05, 4.69) is 29.5 Å². The standard InChI is InChI=1S/C8H13I/c1-5-6-2-3-7(5)8(9)4-6/h5-8H,2-4H2,1H3/t5-,6?,7?,8?/m0/s1. The van der Waals surface area contributed by atoms with E-state index in [9.17, 15) is 0 Å². The van der Waals surface area contributed by atoms with Gasteiger partial charge in [0.05, 0.1) is 0 Å². The van der Waals surface area contributed by atoms with Crippen molar-refractivity contribution in [1.82, 2.24) is 0 Å². The van der Waals surface area contributed by atoms with Gasteiger partial charge < -0.3 is 0 Å². The van der Waals surface area contributed by atoms with Crippen molar-refractivity contribution < 1.29 is 0 Å². The molecule has 0 radical (unpaired) electrons. The predicted molar refractivity (Wildman–Crippen MR) is 47.8 cm³/mol. The zero-order valence-electron chi connectivity index (χ0n) is 5.81. The van der Waals surface area contributed by atoms with Crippen LogP contribution < -0.4 is 0 Å². The van der Waals surface area contributed by atoms with Crippen molar-refractivity contribution in [3.8, 4) is 0 Å². The molecule has 0 heterocycles. The van der Waals surface area contributed by atoms with E-state index >= 15 is 0 Å². The number of hydrogen-bond acceptors (Lipinski definition) is 0. The molecule has 2 aliphatic carbocycles. The van der Waals surface area contributed by atoms with E-state index < -0.39 is 0 Å². The second-order valence-corrected chi connectivity index (χ2v) is 5.21. The van der Waals surface area contributed by atoms with Gasteiger partial charge in [-0.15, -0.1) is 0 Å². The first-order valence-corrected chi connectivity index (χ1v) is 5.17. The van der Waals surface area contributed by atoms with Crippen LogP contribution in [0.5, 0.6) is 0 Å². The second kappa shape index (κ2) is 2.11. The summed E-state index contributed by atoms with van der Waals surface area (Å²) in [5, 5.41) is 0. The van der Waals surface area contributed by atoms with Gasteiger partial charge in [0, 0.05) is 3.92 Å². The van der Waals surface area contributed by atoms with E-state index in [4.69, 9.17) is 0 Å². The Morgan fingerprint density at radius 1 is 1.33 bits per heavy atom. The van der Waals surface area contributed by atoms with Crippen LogP contribution in [0.2, 0.25) is 0 Å². The third-order valence-corrected chi connectivity index (χ3v) is 4.71. The lowest BCUT2D eigenvalue weighted by atomic mass is 10.0. The third-order valence-electron chi connectivity index (χ3n) is 3.28. The maximum absolute atomic E-state index is 2.64. The molecule has 0 saturated heterocycles. The molecule has 52 valence electrons. The van der Waals surface area contributed by atoms with Crippen LogP contribution in [-0.2, 0) is 0 Å². The molecule has 1 heteroatoms. The van der Waals surface area contributed by atoms with Crippen LogP contribution in [0, 0.1) is 17.8 Å². The molecule has 2 fully saturated rings. The van der Waals surface area contributed by atoms with Crippen LogP contribution in [0.25, 0.3) is 0 Å². The van der Waals surface area contributed by atoms with E-state index in [1.54, 1.807) is 0 Å². The maximum atomic E-state index is 2.64. The van der Waals surface area contributed by atoms with Crippen molar-refractivity contribution in [2.45, 2.75) is 30.1 Å². The van der Waals surface area contributed by atoms with Crippen LogP contribution >= 0.6 is 22.6 Å². The first kappa shape index (κ1) is 6.44. The van der Waals surface area contributed by atoms with Gasteiger partial charge in [0.2, 0.25) is 0 Å². The molecule has 0 aliphatic heterocycles. The quantitative estimate of drug-likeness (QED) is 0.448. The maximum Gasteiger partial charge on any atom is 0.0143 e. The molecule has 2 rings (SSSR count). The molecule has 9 heavy (non-hydrogen) atoms.